The van der Waals surface area contributed by atoms with Gasteiger partial charge in [-0.25, -0.2) is 0 Å². The third-order valence-corrected chi connectivity index (χ3v) is 3.75. The van der Waals surface area contributed by atoms with Crippen molar-refractivity contribution in [2.24, 2.45) is 17.8 Å². The second-order valence-electron chi connectivity index (χ2n) is 5.33. The average Bonchev–Trinajstić information content (AvgIpc) is 2.94. The molecule has 2 aliphatic rings. The van der Waals surface area contributed by atoms with E-state index in [1.165, 1.54) is 12.8 Å². The lowest BCUT2D eigenvalue weighted by Crippen LogP contribution is -2.37. The zero-order valence-electron chi connectivity index (χ0n) is 9.83. The SMILES string of the molecule is CC1CN(C(=O)CNCC2CC2)CC1C. The van der Waals surface area contributed by atoms with E-state index in [2.05, 4.69) is 19.2 Å². The first-order valence-corrected chi connectivity index (χ1v) is 6.15. The van der Waals surface area contributed by atoms with Crippen LogP contribution in [0.3, 0.4) is 0 Å². The van der Waals surface area contributed by atoms with E-state index in [0.717, 1.165) is 25.6 Å². The summed E-state index contributed by atoms with van der Waals surface area (Å²) in [4.78, 5) is 13.8. The molecule has 2 rings (SSSR count). The Morgan fingerprint density at radius 2 is 1.87 bits per heavy atom. The Balaban J connectivity index is 1.66. The van der Waals surface area contributed by atoms with Crippen molar-refractivity contribution in [2.45, 2.75) is 26.7 Å². The monoisotopic (exact) mass is 210 g/mol. The minimum absolute atomic E-state index is 0.284. The number of hydrogen-bond donors (Lipinski definition) is 1. The van der Waals surface area contributed by atoms with Gasteiger partial charge in [0.25, 0.3) is 0 Å². The lowest BCUT2D eigenvalue weighted by Gasteiger charge is -2.16. The molecule has 0 aromatic carbocycles. The van der Waals surface area contributed by atoms with Gasteiger partial charge in [-0.15, -0.1) is 0 Å². The number of nitrogens with one attached hydrogen (secondary N) is 1. The van der Waals surface area contributed by atoms with Crippen molar-refractivity contribution in [3.8, 4) is 0 Å². The van der Waals surface area contributed by atoms with E-state index in [1.807, 2.05) is 4.90 Å². The van der Waals surface area contributed by atoms with Crippen molar-refractivity contribution >= 4 is 5.91 Å². The van der Waals surface area contributed by atoms with Crippen molar-refractivity contribution in [3.05, 3.63) is 0 Å². The van der Waals surface area contributed by atoms with Crippen LogP contribution in [0.15, 0.2) is 0 Å². The Labute approximate surface area is 92.2 Å². The highest BCUT2D eigenvalue weighted by atomic mass is 16.2. The van der Waals surface area contributed by atoms with Crippen LogP contribution in [-0.2, 0) is 4.79 Å². The molecule has 1 saturated carbocycles. The molecule has 3 heteroatoms. The summed E-state index contributed by atoms with van der Waals surface area (Å²) in [6, 6.07) is 0. The van der Waals surface area contributed by atoms with Crippen molar-refractivity contribution in [2.75, 3.05) is 26.2 Å². The summed E-state index contributed by atoms with van der Waals surface area (Å²) >= 11 is 0. The average molecular weight is 210 g/mol. The number of rotatable bonds is 4. The molecule has 1 amide bonds. The van der Waals surface area contributed by atoms with Crippen LogP contribution in [0.25, 0.3) is 0 Å². The first kappa shape index (κ1) is 10.9. The minimum atomic E-state index is 0.284. The van der Waals surface area contributed by atoms with E-state index >= 15 is 0 Å². The summed E-state index contributed by atoms with van der Waals surface area (Å²) in [6.07, 6.45) is 2.69. The Morgan fingerprint density at radius 3 is 2.40 bits per heavy atom. The maximum absolute atomic E-state index is 11.8. The van der Waals surface area contributed by atoms with E-state index in [1.54, 1.807) is 0 Å². The van der Waals surface area contributed by atoms with Gasteiger partial charge in [0.15, 0.2) is 0 Å². The van der Waals surface area contributed by atoms with Crippen LogP contribution in [0.2, 0.25) is 0 Å². The van der Waals surface area contributed by atoms with Crippen molar-refractivity contribution in [1.29, 1.82) is 0 Å². The topological polar surface area (TPSA) is 32.3 Å². The van der Waals surface area contributed by atoms with Gasteiger partial charge in [-0.3, -0.25) is 4.79 Å². The lowest BCUT2D eigenvalue weighted by atomic mass is 10.0. The van der Waals surface area contributed by atoms with Crippen LogP contribution >= 0.6 is 0 Å². The van der Waals surface area contributed by atoms with E-state index in [9.17, 15) is 4.79 Å². The van der Waals surface area contributed by atoms with E-state index < -0.39 is 0 Å². The van der Waals surface area contributed by atoms with Crippen LogP contribution in [0.4, 0.5) is 0 Å². The standard InChI is InChI=1S/C12H22N2O/c1-9-7-14(8-10(9)2)12(15)6-13-5-11-3-4-11/h9-11,13H,3-8H2,1-2H3. The van der Waals surface area contributed by atoms with Gasteiger partial charge >= 0.3 is 0 Å². The predicted molar refractivity (Wildman–Crippen MR) is 60.5 cm³/mol. The zero-order chi connectivity index (χ0) is 10.8. The Morgan fingerprint density at radius 1 is 1.27 bits per heavy atom. The maximum atomic E-state index is 11.8. The number of hydrogen-bond acceptors (Lipinski definition) is 2. The molecule has 1 aliphatic carbocycles. The summed E-state index contributed by atoms with van der Waals surface area (Å²) in [5.74, 6) is 2.47. The van der Waals surface area contributed by atoms with Gasteiger partial charge in [0.2, 0.25) is 5.91 Å². The fourth-order valence-electron chi connectivity index (χ4n) is 2.15. The third-order valence-electron chi connectivity index (χ3n) is 3.75. The van der Waals surface area contributed by atoms with E-state index in [4.69, 9.17) is 0 Å². The second-order valence-corrected chi connectivity index (χ2v) is 5.33. The number of amides is 1. The summed E-state index contributed by atoms with van der Waals surface area (Å²) < 4.78 is 0. The highest BCUT2D eigenvalue weighted by Crippen LogP contribution is 2.27. The summed E-state index contributed by atoms with van der Waals surface area (Å²) in [6.45, 7) is 7.93. The largest absolute Gasteiger partial charge is 0.341 e. The number of nitrogens with zero attached hydrogens (tertiary/aromatic N) is 1. The highest BCUT2D eigenvalue weighted by molar-refractivity contribution is 5.78. The first-order valence-electron chi connectivity index (χ1n) is 6.15. The number of carbonyl (C=O) groups excluding carboxylic acids is 1. The summed E-state index contributed by atoms with van der Waals surface area (Å²) in [5.41, 5.74) is 0. The molecule has 15 heavy (non-hydrogen) atoms. The van der Waals surface area contributed by atoms with Gasteiger partial charge in [-0.2, -0.15) is 0 Å². The third kappa shape index (κ3) is 2.94. The smallest absolute Gasteiger partial charge is 0.236 e. The van der Waals surface area contributed by atoms with Crippen LogP contribution in [0, 0.1) is 17.8 Å². The van der Waals surface area contributed by atoms with E-state index in [-0.39, 0.29) is 5.91 Å². The number of carbonyl (C=O) groups is 1. The summed E-state index contributed by atoms with van der Waals surface area (Å²) in [7, 11) is 0. The molecule has 1 heterocycles. The minimum Gasteiger partial charge on any atom is -0.341 e. The molecule has 1 N–H and O–H groups in total. The molecular formula is C12H22N2O. The van der Waals surface area contributed by atoms with E-state index in [0.29, 0.717) is 18.4 Å². The number of likely N-dealkylation sites (tertiary alicyclic amines) is 1. The Hall–Kier alpha value is -0.570. The first-order chi connectivity index (χ1) is 7.16. The molecule has 0 radical (unpaired) electrons. The normalized spacial score (nSPS) is 30.9. The van der Waals surface area contributed by atoms with Gasteiger partial charge in [0.05, 0.1) is 6.54 Å². The van der Waals surface area contributed by atoms with Gasteiger partial charge in [-0.05, 0) is 37.1 Å². The fraction of sp³-hybridized carbons (Fsp3) is 0.917. The molecule has 1 saturated heterocycles. The van der Waals surface area contributed by atoms with Gasteiger partial charge in [0, 0.05) is 13.1 Å². The molecule has 2 fully saturated rings. The molecule has 0 bridgehead atoms. The van der Waals surface area contributed by atoms with Gasteiger partial charge in [-0.1, -0.05) is 13.8 Å². The molecule has 1 aliphatic heterocycles. The fourth-order valence-corrected chi connectivity index (χ4v) is 2.15. The lowest BCUT2D eigenvalue weighted by molar-refractivity contribution is -0.129. The zero-order valence-corrected chi connectivity index (χ0v) is 9.83. The molecule has 0 aromatic heterocycles. The molecule has 0 spiro atoms. The molecule has 3 nitrogen and oxygen atoms in total. The molecule has 0 aromatic rings. The maximum Gasteiger partial charge on any atom is 0.236 e. The molecule has 2 unspecified atom stereocenters. The van der Waals surface area contributed by atoms with Crippen molar-refractivity contribution in [1.82, 2.24) is 10.2 Å². The Bertz CT molecular complexity index is 228. The molecule has 86 valence electrons. The van der Waals surface area contributed by atoms with Crippen LogP contribution in [0.1, 0.15) is 26.7 Å². The second kappa shape index (κ2) is 4.52. The van der Waals surface area contributed by atoms with Crippen LogP contribution in [0.5, 0.6) is 0 Å². The predicted octanol–water partition coefficient (Wildman–Crippen LogP) is 1.10. The quantitative estimate of drug-likeness (QED) is 0.753. The van der Waals surface area contributed by atoms with Crippen molar-refractivity contribution < 1.29 is 4.79 Å². The van der Waals surface area contributed by atoms with Crippen LogP contribution < -0.4 is 5.32 Å². The molecule has 2 atom stereocenters. The van der Waals surface area contributed by atoms with Crippen molar-refractivity contribution in [3.63, 3.8) is 0 Å². The molecular weight excluding hydrogens is 188 g/mol. The van der Waals surface area contributed by atoms with Crippen LogP contribution in [-0.4, -0.2) is 37.0 Å². The summed E-state index contributed by atoms with van der Waals surface area (Å²) in [5, 5.41) is 3.26. The Kier molecular flexibility index (Phi) is 3.29. The van der Waals surface area contributed by atoms with Gasteiger partial charge < -0.3 is 10.2 Å². The van der Waals surface area contributed by atoms with Gasteiger partial charge in [0.1, 0.15) is 0 Å². The highest BCUT2D eigenvalue weighted by Gasteiger charge is 2.29.